The minimum atomic E-state index is -0.716. The third-order valence-electron chi connectivity index (χ3n) is 4.84. The van der Waals surface area contributed by atoms with Crippen molar-refractivity contribution in [3.8, 4) is 0 Å². The van der Waals surface area contributed by atoms with Crippen LogP contribution in [0.5, 0.6) is 0 Å². The van der Waals surface area contributed by atoms with Gasteiger partial charge in [0.25, 0.3) is 0 Å². The minimum Gasteiger partial charge on any atom is -0.431 e. The highest BCUT2D eigenvalue weighted by Gasteiger charge is 2.31. The van der Waals surface area contributed by atoms with Gasteiger partial charge in [-0.15, -0.1) is 0 Å². The first-order valence-corrected chi connectivity index (χ1v) is 11.0. The molecule has 2 unspecified atom stereocenters. The third-order valence-corrected chi connectivity index (χ3v) is 4.84. The van der Waals surface area contributed by atoms with Gasteiger partial charge >= 0.3 is 6.16 Å². The van der Waals surface area contributed by atoms with Crippen LogP contribution in [0.15, 0.2) is 0 Å². The lowest BCUT2D eigenvalue weighted by atomic mass is 10.0. The standard InChI is InChI=1S/C23H46O7/c1-13-20(5,6)27-29-22(9,10)15-17(3)25-19(24)26-18(4)16-23(11,12)30-28-21(7,8)14-2/h17-18H,13-16H2,1-12H3. The highest BCUT2D eigenvalue weighted by atomic mass is 17.2. The second-order valence-electron chi connectivity index (χ2n) is 10.6. The van der Waals surface area contributed by atoms with Crippen molar-refractivity contribution < 1.29 is 33.8 Å². The molecule has 0 rings (SSSR count). The smallest absolute Gasteiger partial charge is 0.431 e. The highest BCUT2D eigenvalue weighted by molar-refractivity contribution is 5.60. The number of rotatable bonds is 14. The van der Waals surface area contributed by atoms with Crippen molar-refractivity contribution in [2.24, 2.45) is 0 Å². The molecule has 0 aromatic carbocycles. The van der Waals surface area contributed by atoms with Crippen LogP contribution in [0.2, 0.25) is 0 Å². The first kappa shape index (κ1) is 29.1. The van der Waals surface area contributed by atoms with Crippen LogP contribution in [-0.4, -0.2) is 40.8 Å². The van der Waals surface area contributed by atoms with Gasteiger partial charge in [-0.2, -0.15) is 0 Å². The summed E-state index contributed by atoms with van der Waals surface area (Å²) in [5.74, 6) is 0. The Balaban J connectivity index is 4.46. The Labute approximate surface area is 183 Å². The van der Waals surface area contributed by atoms with E-state index < -0.39 is 29.6 Å². The Morgan fingerprint density at radius 2 is 0.867 bits per heavy atom. The first-order valence-electron chi connectivity index (χ1n) is 11.0. The van der Waals surface area contributed by atoms with E-state index >= 15 is 0 Å². The summed E-state index contributed by atoms with van der Waals surface area (Å²) in [6.45, 7) is 23.1. The Morgan fingerprint density at radius 1 is 0.600 bits per heavy atom. The van der Waals surface area contributed by atoms with Gasteiger partial charge in [0.1, 0.15) is 23.4 Å². The van der Waals surface area contributed by atoms with Crippen molar-refractivity contribution in [3.63, 3.8) is 0 Å². The molecule has 0 bridgehead atoms. The lowest BCUT2D eigenvalue weighted by molar-refractivity contribution is -0.404. The van der Waals surface area contributed by atoms with Gasteiger partial charge in [0.15, 0.2) is 0 Å². The summed E-state index contributed by atoms with van der Waals surface area (Å²) in [7, 11) is 0. The minimum absolute atomic E-state index is 0.374. The van der Waals surface area contributed by atoms with Crippen LogP contribution in [0.25, 0.3) is 0 Å². The first-order chi connectivity index (χ1) is 13.4. The van der Waals surface area contributed by atoms with E-state index in [1.54, 1.807) is 13.8 Å². The van der Waals surface area contributed by atoms with Crippen molar-refractivity contribution >= 4 is 6.16 Å². The van der Waals surface area contributed by atoms with Crippen molar-refractivity contribution in [1.82, 2.24) is 0 Å². The molecular weight excluding hydrogens is 388 g/mol. The zero-order valence-corrected chi connectivity index (χ0v) is 21.3. The van der Waals surface area contributed by atoms with Crippen LogP contribution in [0, 0.1) is 0 Å². The van der Waals surface area contributed by atoms with Crippen LogP contribution in [0.3, 0.4) is 0 Å². The summed E-state index contributed by atoms with van der Waals surface area (Å²) in [6, 6.07) is 0. The van der Waals surface area contributed by atoms with Crippen LogP contribution in [0.4, 0.5) is 4.79 Å². The van der Waals surface area contributed by atoms with Crippen molar-refractivity contribution in [3.05, 3.63) is 0 Å². The molecule has 30 heavy (non-hydrogen) atoms. The van der Waals surface area contributed by atoms with Gasteiger partial charge in [-0.3, -0.25) is 0 Å². The van der Waals surface area contributed by atoms with Crippen LogP contribution in [-0.2, 0) is 29.0 Å². The molecule has 0 spiro atoms. The van der Waals surface area contributed by atoms with Gasteiger partial charge in [0.2, 0.25) is 0 Å². The largest absolute Gasteiger partial charge is 0.508 e. The summed E-state index contributed by atoms with van der Waals surface area (Å²) in [5.41, 5.74) is -1.98. The van der Waals surface area contributed by atoms with Crippen LogP contribution < -0.4 is 0 Å². The van der Waals surface area contributed by atoms with E-state index in [2.05, 4.69) is 0 Å². The lowest BCUT2D eigenvalue weighted by Crippen LogP contribution is -2.37. The van der Waals surface area contributed by atoms with E-state index in [0.29, 0.717) is 12.8 Å². The number of carbonyl (C=O) groups is 1. The molecule has 0 saturated heterocycles. The lowest BCUT2D eigenvalue weighted by Gasteiger charge is -2.32. The zero-order chi connectivity index (χ0) is 23.8. The molecule has 0 saturated carbocycles. The summed E-state index contributed by atoms with van der Waals surface area (Å²) < 4.78 is 10.8. The van der Waals surface area contributed by atoms with Crippen molar-refractivity contribution in [2.45, 2.75) is 143 Å². The fourth-order valence-corrected chi connectivity index (χ4v) is 2.46. The summed E-state index contributed by atoms with van der Waals surface area (Å²) in [6.07, 6.45) is 1.05. The average molecular weight is 435 g/mol. The molecule has 2 atom stereocenters. The Bertz CT molecular complexity index is 468. The van der Waals surface area contributed by atoms with Gasteiger partial charge < -0.3 is 9.47 Å². The second kappa shape index (κ2) is 11.7. The molecule has 7 nitrogen and oxygen atoms in total. The van der Waals surface area contributed by atoms with E-state index in [-0.39, 0.29) is 11.2 Å². The Hall–Kier alpha value is -0.890. The predicted octanol–water partition coefficient (Wildman–Crippen LogP) is 6.53. The maximum Gasteiger partial charge on any atom is 0.508 e. The zero-order valence-electron chi connectivity index (χ0n) is 21.3. The molecule has 7 heteroatoms. The summed E-state index contributed by atoms with van der Waals surface area (Å²) in [5, 5.41) is 0. The molecule has 0 amide bonds. The summed E-state index contributed by atoms with van der Waals surface area (Å²) >= 11 is 0. The van der Waals surface area contributed by atoms with Crippen molar-refractivity contribution in [1.29, 1.82) is 0 Å². The number of hydrogen-bond donors (Lipinski definition) is 0. The van der Waals surface area contributed by atoms with Crippen LogP contribution >= 0.6 is 0 Å². The average Bonchev–Trinajstić information content (AvgIpc) is 2.57. The topological polar surface area (TPSA) is 72.5 Å². The van der Waals surface area contributed by atoms with E-state index in [1.165, 1.54) is 0 Å². The maximum absolute atomic E-state index is 12.2. The monoisotopic (exact) mass is 434 g/mol. The predicted molar refractivity (Wildman–Crippen MR) is 117 cm³/mol. The maximum atomic E-state index is 12.2. The molecule has 0 aromatic heterocycles. The SMILES string of the molecule is CCC(C)(C)OOC(C)(C)CC(C)OC(=O)OC(C)CC(C)(C)OOC(C)(C)CC. The Morgan fingerprint density at radius 3 is 1.13 bits per heavy atom. The second-order valence-corrected chi connectivity index (χ2v) is 10.6. The number of hydrogen-bond acceptors (Lipinski definition) is 7. The van der Waals surface area contributed by atoms with Gasteiger partial charge in [-0.25, -0.2) is 24.3 Å². The van der Waals surface area contributed by atoms with E-state index in [1.807, 2.05) is 69.2 Å². The number of ether oxygens (including phenoxy) is 2. The van der Waals surface area contributed by atoms with Gasteiger partial charge in [0, 0.05) is 12.8 Å². The molecule has 0 N–H and O–H groups in total. The molecular formula is C23H46O7. The van der Waals surface area contributed by atoms with Gasteiger partial charge in [-0.1, -0.05) is 13.8 Å². The molecule has 0 aliphatic heterocycles. The molecule has 0 radical (unpaired) electrons. The molecule has 0 heterocycles. The van der Waals surface area contributed by atoms with Gasteiger partial charge in [0.05, 0.1) is 11.2 Å². The molecule has 0 aromatic rings. The molecule has 180 valence electrons. The normalized spacial score (nSPS) is 15.6. The van der Waals surface area contributed by atoms with Crippen molar-refractivity contribution in [2.75, 3.05) is 0 Å². The van der Waals surface area contributed by atoms with Crippen LogP contribution in [0.1, 0.15) is 109 Å². The third kappa shape index (κ3) is 13.4. The summed E-state index contributed by atoms with van der Waals surface area (Å²) in [4.78, 5) is 34.4. The fraction of sp³-hybridized carbons (Fsp3) is 0.957. The Kier molecular flexibility index (Phi) is 11.3. The quantitative estimate of drug-likeness (QED) is 0.175. The molecule has 0 fully saturated rings. The number of carbonyl (C=O) groups excluding carboxylic acids is 1. The fourth-order valence-electron chi connectivity index (χ4n) is 2.46. The molecule has 0 aliphatic carbocycles. The van der Waals surface area contributed by atoms with E-state index in [9.17, 15) is 4.79 Å². The van der Waals surface area contributed by atoms with E-state index in [4.69, 9.17) is 29.0 Å². The highest BCUT2D eigenvalue weighted by Crippen LogP contribution is 2.26. The molecule has 0 aliphatic rings. The van der Waals surface area contributed by atoms with Gasteiger partial charge in [-0.05, 0) is 82.1 Å². The van der Waals surface area contributed by atoms with E-state index in [0.717, 1.165) is 12.8 Å².